The van der Waals surface area contributed by atoms with Gasteiger partial charge in [0.2, 0.25) is 5.88 Å². The maximum atomic E-state index is 10.2. The molecule has 124 valence electrons. The van der Waals surface area contributed by atoms with Crippen LogP contribution in [0.25, 0.3) is 0 Å². The lowest BCUT2D eigenvalue weighted by Crippen LogP contribution is -2.41. The van der Waals surface area contributed by atoms with Gasteiger partial charge in [0.1, 0.15) is 18.2 Å². The van der Waals surface area contributed by atoms with Crippen molar-refractivity contribution in [3.63, 3.8) is 0 Å². The number of likely N-dealkylation sites (tertiary alicyclic amines) is 1. The molecular weight excluding hydrogens is 314 g/mol. The molecule has 1 aliphatic rings. The Labute approximate surface area is 139 Å². The Morgan fingerprint density at radius 2 is 2.22 bits per heavy atom. The Kier molecular flexibility index (Phi) is 5.37. The quantitative estimate of drug-likeness (QED) is 0.828. The molecular formula is C15H21N5O2S. The first-order valence-electron chi connectivity index (χ1n) is 7.65. The molecule has 2 aromatic heterocycles. The minimum atomic E-state index is -0.503. The summed E-state index contributed by atoms with van der Waals surface area (Å²) in [5.41, 5.74) is 2.52. The summed E-state index contributed by atoms with van der Waals surface area (Å²) in [4.78, 5) is 14.7. The van der Waals surface area contributed by atoms with Gasteiger partial charge in [0.15, 0.2) is 0 Å². The van der Waals surface area contributed by atoms with Crippen LogP contribution in [-0.2, 0) is 0 Å². The van der Waals surface area contributed by atoms with E-state index in [9.17, 15) is 5.11 Å². The highest BCUT2D eigenvalue weighted by molar-refractivity contribution is 7.07. The second-order valence-electron chi connectivity index (χ2n) is 5.59. The zero-order valence-electron chi connectivity index (χ0n) is 13.1. The molecule has 0 aromatic carbocycles. The van der Waals surface area contributed by atoms with Crippen LogP contribution < -0.4 is 10.1 Å². The van der Waals surface area contributed by atoms with Gasteiger partial charge in [-0.1, -0.05) is 0 Å². The minimum Gasteiger partial charge on any atom is -0.481 e. The van der Waals surface area contributed by atoms with Crippen LogP contribution in [0.4, 0.5) is 5.82 Å². The summed E-state index contributed by atoms with van der Waals surface area (Å²) in [5, 5.41) is 15.5. The van der Waals surface area contributed by atoms with Crippen molar-refractivity contribution in [3.8, 4) is 5.88 Å². The average Bonchev–Trinajstić information content (AvgIpc) is 3.11. The van der Waals surface area contributed by atoms with E-state index in [0.29, 0.717) is 18.5 Å². The molecule has 1 atom stereocenters. The molecule has 1 unspecified atom stereocenters. The second-order valence-corrected chi connectivity index (χ2v) is 6.31. The van der Waals surface area contributed by atoms with Gasteiger partial charge in [-0.3, -0.25) is 0 Å². The van der Waals surface area contributed by atoms with Crippen molar-refractivity contribution in [3.05, 3.63) is 29.0 Å². The van der Waals surface area contributed by atoms with E-state index in [-0.39, 0.29) is 0 Å². The highest BCUT2D eigenvalue weighted by Gasteiger charge is 2.22. The lowest BCUT2D eigenvalue weighted by atomic mass is 10.0. The van der Waals surface area contributed by atoms with Crippen molar-refractivity contribution in [1.82, 2.24) is 19.9 Å². The smallest absolute Gasteiger partial charge is 0.218 e. The van der Waals surface area contributed by atoms with E-state index in [1.807, 2.05) is 5.38 Å². The molecule has 0 saturated carbocycles. The number of anilines is 1. The summed E-state index contributed by atoms with van der Waals surface area (Å²) in [6, 6.07) is 2.18. The molecule has 1 fully saturated rings. The lowest BCUT2D eigenvalue weighted by molar-refractivity contribution is 0.0966. The van der Waals surface area contributed by atoms with Gasteiger partial charge in [-0.15, -0.1) is 11.3 Å². The van der Waals surface area contributed by atoms with E-state index in [4.69, 9.17) is 4.74 Å². The average molecular weight is 335 g/mol. The molecule has 3 rings (SSSR count). The van der Waals surface area contributed by atoms with E-state index < -0.39 is 6.10 Å². The third kappa shape index (κ3) is 4.37. The second kappa shape index (κ2) is 7.67. The number of nitrogens with one attached hydrogen (secondary N) is 1. The van der Waals surface area contributed by atoms with Crippen molar-refractivity contribution >= 4 is 17.2 Å². The van der Waals surface area contributed by atoms with Crippen LogP contribution >= 0.6 is 11.3 Å². The summed E-state index contributed by atoms with van der Waals surface area (Å²) in [5.74, 6) is 1.35. The Hall–Kier alpha value is -1.77. The number of aliphatic hydroxyl groups is 1. The highest BCUT2D eigenvalue weighted by Crippen LogP contribution is 2.20. The molecule has 1 aliphatic heterocycles. The molecule has 7 nitrogen and oxygen atoms in total. The Morgan fingerprint density at radius 3 is 2.91 bits per heavy atom. The maximum absolute atomic E-state index is 10.2. The van der Waals surface area contributed by atoms with Crippen LogP contribution in [0, 0.1) is 0 Å². The van der Waals surface area contributed by atoms with Crippen molar-refractivity contribution < 1.29 is 9.84 Å². The fraction of sp³-hybridized carbons (Fsp3) is 0.533. The molecule has 0 bridgehead atoms. The number of ether oxygens (including phenoxy) is 1. The summed E-state index contributed by atoms with van der Waals surface area (Å²) in [7, 11) is 1.60. The fourth-order valence-electron chi connectivity index (χ4n) is 2.72. The minimum absolute atomic E-state index is 0.377. The molecule has 3 heterocycles. The first kappa shape index (κ1) is 16.1. The number of nitrogens with zero attached hydrogens (tertiary/aromatic N) is 4. The molecule has 8 heteroatoms. The third-order valence-corrected chi connectivity index (χ3v) is 4.62. The van der Waals surface area contributed by atoms with E-state index in [2.05, 4.69) is 25.2 Å². The van der Waals surface area contributed by atoms with Gasteiger partial charge >= 0.3 is 0 Å². The number of hydrogen-bond donors (Lipinski definition) is 2. The molecule has 2 N–H and O–H groups in total. The maximum Gasteiger partial charge on any atom is 0.218 e. The number of rotatable bonds is 6. The normalized spacial score (nSPS) is 17.8. The molecule has 0 spiro atoms. The molecule has 0 aliphatic carbocycles. The van der Waals surface area contributed by atoms with Crippen LogP contribution in [0.2, 0.25) is 0 Å². The highest BCUT2D eigenvalue weighted by atomic mass is 32.1. The van der Waals surface area contributed by atoms with Gasteiger partial charge in [-0.2, -0.15) is 0 Å². The monoisotopic (exact) mass is 335 g/mol. The Morgan fingerprint density at radius 1 is 1.39 bits per heavy atom. The third-order valence-electron chi connectivity index (χ3n) is 4.01. The number of β-amino-alcohol motifs (C(OH)–C–C–N with tert-alkyl or cyclic N) is 1. The zero-order chi connectivity index (χ0) is 16.1. The number of methoxy groups -OCH3 is 1. The predicted molar refractivity (Wildman–Crippen MR) is 88.7 cm³/mol. The lowest BCUT2D eigenvalue weighted by Gasteiger charge is -2.33. The van der Waals surface area contributed by atoms with Gasteiger partial charge < -0.3 is 20.1 Å². The number of aliphatic hydroxyl groups excluding tert-OH is 1. The SMILES string of the molecule is COc1cc(NC2CCN(CC(O)c3cscn3)CC2)ncn1. The molecule has 23 heavy (non-hydrogen) atoms. The van der Waals surface area contributed by atoms with Gasteiger partial charge in [0.05, 0.1) is 18.3 Å². The van der Waals surface area contributed by atoms with Crippen LogP contribution in [0.5, 0.6) is 5.88 Å². The number of piperidine rings is 1. The summed E-state index contributed by atoms with van der Waals surface area (Å²) >= 11 is 1.51. The van der Waals surface area contributed by atoms with Crippen LogP contribution in [-0.4, -0.2) is 57.7 Å². The van der Waals surface area contributed by atoms with E-state index in [1.54, 1.807) is 18.7 Å². The van der Waals surface area contributed by atoms with Crippen molar-refractivity contribution in [1.29, 1.82) is 0 Å². The van der Waals surface area contributed by atoms with Gasteiger partial charge in [0, 0.05) is 37.1 Å². The number of hydrogen-bond acceptors (Lipinski definition) is 8. The first-order chi connectivity index (χ1) is 11.2. The van der Waals surface area contributed by atoms with E-state index in [1.165, 1.54) is 17.7 Å². The fourth-order valence-corrected chi connectivity index (χ4v) is 3.32. The van der Waals surface area contributed by atoms with Gasteiger partial charge in [-0.05, 0) is 12.8 Å². The predicted octanol–water partition coefficient (Wildman–Crippen LogP) is 1.55. The summed E-state index contributed by atoms with van der Waals surface area (Å²) < 4.78 is 5.11. The summed E-state index contributed by atoms with van der Waals surface area (Å²) in [6.45, 7) is 2.53. The molecule has 2 aromatic rings. The summed E-state index contributed by atoms with van der Waals surface area (Å²) in [6.07, 6.45) is 3.02. The van der Waals surface area contributed by atoms with Crippen LogP contribution in [0.3, 0.4) is 0 Å². The van der Waals surface area contributed by atoms with Gasteiger partial charge in [0.25, 0.3) is 0 Å². The number of aromatic nitrogens is 3. The van der Waals surface area contributed by atoms with Crippen molar-refractivity contribution in [2.75, 3.05) is 32.1 Å². The largest absolute Gasteiger partial charge is 0.481 e. The zero-order valence-corrected chi connectivity index (χ0v) is 13.9. The van der Waals surface area contributed by atoms with E-state index in [0.717, 1.165) is 37.4 Å². The molecule has 0 radical (unpaired) electrons. The van der Waals surface area contributed by atoms with Crippen LogP contribution in [0.1, 0.15) is 24.6 Å². The van der Waals surface area contributed by atoms with Crippen molar-refractivity contribution in [2.45, 2.75) is 25.0 Å². The molecule has 1 saturated heterocycles. The number of thiazole rings is 1. The standard InChI is InChI=1S/C15H21N5O2S/c1-22-15-6-14(16-9-17-15)19-11-2-4-20(5-3-11)7-13(21)12-8-23-10-18-12/h6,8-11,13,21H,2-5,7H2,1H3,(H,16,17,19). The Bertz CT molecular complexity index is 602. The first-order valence-corrected chi connectivity index (χ1v) is 8.60. The van der Waals surface area contributed by atoms with Crippen molar-refractivity contribution in [2.24, 2.45) is 0 Å². The van der Waals surface area contributed by atoms with Gasteiger partial charge in [-0.25, -0.2) is 15.0 Å². The topological polar surface area (TPSA) is 83.4 Å². The Balaban J connectivity index is 1.46. The molecule has 0 amide bonds. The van der Waals surface area contributed by atoms with Crippen LogP contribution in [0.15, 0.2) is 23.3 Å². The van der Waals surface area contributed by atoms with E-state index >= 15 is 0 Å².